The second kappa shape index (κ2) is 13.5. The summed E-state index contributed by atoms with van der Waals surface area (Å²) in [5.74, 6) is 0.806. The van der Waals surface area contributed by atoms with Gasteiger partial charge in [-0.1, -0.05) is 71.9 Å². The van der Waals surface area contributed by atoms with Gasteiger partial charge in [0.2, 0.25) is 5.91 Å². The van der Waals surface area contributed by atoms with Crippen LogP contribution in [0.2, 0.25) is 0 Å². The van der Waals surface area contributed by atoms with E-state index < -0.39 is 11.9 Å². The van der Waals surface area contributed by atoms with Crippen molar-refractivity contribution in [3.63, 3.8) is 0 Å². The van der Waals surface area contributed by atoms with Gasteiger partial charge in [-0.05, 0) is 146 Å². The fourth-order valence-corrected chi connectivity index (χ4v) is 13.6. The molecule has 0 spiro atoms. The quantitative estimate of drug-likeness (QED) is 0.199. The molecule has 0 heterocycles. The van der Waals surface area contributed by atoms with Crippen molar-refractivity contribution in [3.8, 4) is 0 Å². The van der Waals surface area contributed by atoms with Gasteiger partial charge in [-0.25, -0.2) is 4.79 Å². The molecule has 1 aromatic carbocycles. The first-order chi connectivity index (χ1) is 24.0. The Morgan fingerprint density at radius 3 is 2.22 bits per heavy atom. The fraction of sp³-hybridized carbons (Fsp3) is 0.705. The Kier molecular flexibility index (Phi) is 10.00. The van der Waals surface area contributed by atoms with Gasteiger partial charge in [0.05, 0.1) is 17.4 Å². The smallest absolute Gasteiger partial charge is 0.335 e. The van der Waals surface area contributed by atoms with E-state index in [2.05, 4.69) is 64.4 Å². The van der Waals surface area contributed by atoms with Crippen LogP contribution in [0.25, 0.3) is 5.57 Å². The maximum atomic E-state index is 14.5. The molecule has 1 amide bonds. The van der Waals surface area contributed by atoms with Gasteiger partial charge >= 0.3 is 11.9 Å². The van der Waals surface area contributed by atoms with Gasteiger partial charge in [0.25, 0.3) is 0 Å². The summed E-state index contributed by atoms with van der Waals surface area (Å²) in [5.41, 5.74) is 4.13. The molecule has 5 aliphatic carbocycles. The number of likely N-dealkylation sites (N-methyl/N-ethyl adjacent to an activating group) is 1. The summed E-state index contributed by atoms with van der Waals surface area (Å²) in [7, 11) is 0. The number of rotatable bonds is 11. The Hall–Kier alpha value is -2.93. The van der Waals surface area contributed by atoms with Crippen LogP contribution in [0, 0.1) is 56.7 Å². The summed E-state index contributed by atoms with van der Waals surface area (Å²) in [5, 5.41) is 22.0. The van der Waals surface area contributed by atoms with Crippen LogP contribution in [0.3, 0.4) is 0 Å². The fourth-order valence-electron chi connectivity index (χ4n) is 13.6. The highest BCUT2D eigenvalue weighted by atomic mass is 16.4. The topological polar surface area (TPSA) is 107 Å². The number of hydrogen-bond donors (Lipinski definition) is 3. The molecule has 280 valence electrons. The van der Waals surface area contributed by atoms with Gasteiger partial charge in [0.1, 0.15) is 0 Å². The van der Waals surface area contributed by atoms with E-state index in [0.717, 1.165) is 50.6 Å². The first-order valence-corrected chi connectivity index (χ1v) is 19.9. The lowest BCUT2D eigenvalue weighted by molar-refractivity contribution is -0.225. The molecule has 3 N–H and O–H groups in total. The third kappa shape index (κ3) is 5.92. The minimum Gasteiger partial charge on any atom is -0.481 e. The number of aromatic carboxylic acids is 1. The molecule has 0 aliphatic heterocycles. The largest absolute Gasteiger partial charge is 0.481 e. The van der Waals surface area contributed by atoms with Crippen molar-refractivity contribution in [3.05, 3.63) is 53.6 Å². The van der Waals surface area contributed by atoms with Crippen molar-refractivity contribution >= 4 is 23.4 Å². The molecular formula is C44H64N2O5. The summed E-state index contributed by atoms with van der Waals surface area (Å²) in [4.78, 5) is 39.3. The van der Waals surface area contributed by atoms with Crippen molar-refractivity contribution in [2.24, 2.45) is 56.7 Å². The molecule has 0 aromatic heterocycles. The average Bonchev–Trinajstić information content (AvgIpc) is 3.48. The number of benzene rings is 1. The molecule has 7 nitrogen and oxygen atoms in total. The molecule has 6 rings (SSSR count). The predicted octanol–water partition coefficient (Wildman–Crippen LogP) is 8.95. The van der Waals surface area contributed by atoms with Crippen LogP contribution in [-0.4, -0.2) is 59.1 Å². The monoisotopic (exact) mass is 700 g/mol. The van der Waals surface area contributed by atoms with Crippen LogP contribution in [0.5, 0.6) is 0 Å². The standard InChI is InChI=1S/C44H64N2O5/c1-9-46(26-19-36(47)48)27-25-45-39(51)44-22-16-31(28(2)3)37(44)33-14-15-35-41(6)20-17-32(29-10-12-30(13-11-29)38(49)50)40(4,5)34(41)18-21-43(35,8)42(33,7)23-24-44/h10-13,17,31,33-35,37H,2,9,14-16,18-27H2,1,3-8H3,(H,45,51)(H,47,48)(H,49,50). The number of fused-ring (bicyclic) bond motifs is 7. The number of carbonyl (C=O) groups excluding carboxylic acids is 1. The van der Waals surface area contributed by atoms with Crippen LogP contribution >= 0.6 is 0 Å². The maximum absolute atomic E-state index is 14.5. The molecule has 4 fully saturated rings. The van der Waals surface area contributed by atoms with E-state index >= 15 is 0 Å². The minimum atomic E-state index is -0.886. The van der Waals surface area contributed by atoms with E-state index in [1.54, 1.807) is 12.1 Å². The van der Waals surface area contributed by atoms with Crippen molar-refractivity contribution in [2.45, 2.75) is 113 Å². The Labute approximate surface area is 306 Å². The van der Waals surface area contributed by atoms with Gasteiger partial charge in [-0.15, -0.1) is 0 Å². The predicted molar refractivity (Wildman–Crippen MR) is 203 cm³/mol. The molecule has 9 unspecified atom stereocenters. The molecule has 0 saturated heterocycles. The number of nitrogens with zero attached hydrogens (tertiary/aromatic N) is 1. The van der Waals surface area contributed by atoms with Crippen molar-refractivity contribution in [1.82, 2.24) is 10.2 Å². The molecule has 0 radical (unpaired) electrons. The van der Waals surface area contributed by atoms with E-state index in [0.29, 0.717) is 54.8 Å². The van der Waals surface area contributed by atoms with Gasteiger partial charge < -0.3 is 20.4 Å². The van der Waals surface area contributed by atoms with E-state index in [4.69, 9.17) is 5.11 Å². The van der Waals surface area contributed by atoms with E-state index in [-0.39, 0.29) is 39.4 Å². The Balaban J connectivity index is 1.26. The third-order valence-electron chi connectivity index (χ3n) is 16.3. The van der Waals surface area contributed by atoms with Gasteiger partial charge in [0.15, 0.2) is 0 Å². The second-order valence-electron chi connectivity index (χ2n) is 18.6. The highest BCUT2D eigenvalue weighted by Gasteiger charge is 2.71. The zero-order valence-electron chi connectivity index (χ0n) is 32.4. The summed E-state index contributed by atoms with van der Waals surface area (Å²) in [6, 6.07) is 7.50. The van der Waals surface area contributed by atoms with Gasteiger partial charge in [-0.2, -0.15) is 0 Å². The van der Waals surface area contributed by atoms with Crippen LogP contribution in [0.4, 0.5) is 0 Å². The van der Waals surface area contributed by atoms with Crippen LogP contribution in [0.1, 0.15) is 129 Å². The molecule has 5 aliphatic rings. The van der Waals surface area contributed by atoms with Crippen LogP contribution in [-0.2, 0) is 9.59 Å². The first kappa shape index (κ1) is 37.8. The number of carbonyl (C=O) groups is 3. The van der Waals surface area contributed by atoms with E-state index in [1.165, 1.54) is 30.4 Å². The highest BCUT2D eigenvalue weighted by molar-refractivity contribution is 5.88. The number of hydrogen-bond acceptors (Lipinski definition) is 4. The number of carboxylic acids is 2. The molecule has 4 saturated carbocycles. The molecule has 0 bridgehead atoms. The molecule has 51 heavy (non-hydrogen) atoms. The number of amides is 1. The van der Waals surface area contributed by atoms with Crippen molar-refractivity contribution in [2.75, 3.05) is 26.2 Å². The number of aliphatic carboxylic acids is 1. The normalized spacial score (nSPS) is 38.0. The third-order valence-corrected chi connectivity index (χ3v) is 16.3. The highest BCUT2D eigenvalue weighted by Crippen LogP contribution is 2.77. The lowest BCUT2D eigenvalue weighted by Crippen LogP contribution is -2.66. The Morgan fingerprint density at radius 1 is 0.882 bits per heavy atom. The average molecular weight is 701 g/mol. The Bertz CT molecular complexity index is 1580. The number of nitrogens with one attached hydrogen (secondary N) is 1. The number of allylic oxidation sites excluding steroid dienone is 3. The first-order valence-electron chi connectivity index (χ1n) is 19.9. The van der Waals surface area contributed by atoms with E-state index in [9.17, 15) is 19.5 Å². The minimum absolute atomic E-state index is 0.0336. The zero-order valence-corrected chi connectivity index (χ0v) is 32.4. The maximum Gasteiger partial charge on any atom is 0.335 e. The second-order valence-corrected chi connectivity index (χ2v) is 18.6. The van der Waals surface area contributed by atoms with Crippen LogP contribution in [0.15, 0.2) is 42.5 Å². The lowest BCUT2D eigenvalue weighted by Gasteiger charge is -2.72. The lowest BCUT2D eigenvalue weighted by atomic mass is 9.32. The molecule has 1 aromatic rings. The molecular weight excluding hydrogens is 636 g/mol. The van der Waals surface area contributed by atoms with Crippen molar-refractivity contribution in [1.29, 1.82) is 0 Å². The summed E-state index contributed by atoms with van der Waals surface area (Å²) in [6.07, 6.45) is 12.4. The summed E-state index contributed by atoms with van der Waals surface area (Å²) >= 11 is 0. The van der Waals surface area contributed by atoms with Gasteiger partial charge in [-0.3, -0.25) is 9.59 Å². The Morgan fingerprint density at radius 2 is 1.59 bits per heavy atom. The molecule has 9 atom stereocenters. The number of carboxylic acid groups (broad SMARTS) is 2. The van der Waals surface area contributed by atoms with E-state index in [1.807, 2.05) is 19.1 Å². The van der Waals surface area contributed by atoms with Gasteiger partial charge in [0, 0.05) is 19.6 Å². The zero-order chi connectivity index (χ0) is 37.1. The molecule has 7 heteroatoms. The van der Waals surface area contributed by atoms with Crippen molar-refractivity contribution < 1.29 is 24.6 Å². The SMILES string of the molecule is C=C(C)C1CCC2(C(=O)NCCN(CC)CCC(=O)O)CCC3(C)C(CCC4C5(C)CC=C(c6ccc(C(=O)O)cc6)C(C)(C)C5CCC43C)C12. The summed E-state index contributed by atoms with van der Waals surface area (Å²) < 4.78 is 0. The summed E-state index contributed by atoms with van der Waals surface area (Å²) in [6.45, 7) is 23.9. The van der Waals surface area contributed by atoms with Crippen LogP contribution < -0.4 is 5.32 Å².